The van der Waals surface area contributed by atoms with Crippen molar-refractivity contribution in [2.75, 3.05) is 31.6 Å². The molecule has 1 saturated heterocycles. The molecule has 0 aliphatic carbocycles. The fourth-order valence-electron chi connectivity index (χ4n) is 3.11. The zero-order chi connectivity index (χ0) is 17.6. The maximum atomic E-state index is 5.59. The van der Waals surface area contributed by atoms with Crippen LogP contribution in [0.3, 0.4) is 0 Å². The second-order valence-corrected chi connectivity index (χ2v) is 6.49. The standard InChI is InChI=1S/C19H27N5O/c1-14-15(2)25-18(23-14)12-22-19(20-3)21-11-16-9-10-24(13-16)17-7-5-4-6-8-17/h4-8,16H,9-13H2,1-3H3,(H2,20,21,22). The highest BCUT2D eigenvalue weighted by Crippen LogP contribution is 2.22. The van der Waals surface area contributed by atoms with Gasteiger partial charge in [-0.1, -0.05) is 18.2 Å². The van der Waals surface area contributed by atoms with Crippen LogP contribution < -0.4 is 15.5 Å². The Bertz CT molecular complexity index is 690. The molecule has 0 radical (unpaired) electrons. The first-order valence-electron chi connectivity index (χ1n) is 8.83. The first-order chi connectivity index (χ1) is 12.2. The summed E-state index contributed by atoms with van der Waals surface area (Å²) in [5, 5.41) is 6.68. The van der Waals surface area contributed by atoms with Crippen LogP contribution in [0.2, 0.25) is 0 Å². The fraction of sp³-hybridized carbons (Fsp3) is 0.474. The molecule has 1 aromatic heterocycles. The lowest BCUT2D eigenvalue weighted by Gasteiger charge is -2.19. The van der Waals surface area contributed by atoms with E-state index in [2.05, 4.69) is 55.8 Å². The van der Waals surface area contributed by atoms with Crippen LogP contribution in [0.15, 0.2) is 39.7 Å². The van der Waals surface area contributed by atoms with Crippen molar-refractivity contribution in [3.8, 4) is 0 Å². The second-order valence-electron chi connectivity index (χ2n) is 6.49. The van der Waals surface area contributed by atoms with E-state index in [0.29, 0.717) is 18.4 Å². The second kappa shape index (κ2) is 8.05. The van der Waals surface area contributed by atoms with E-state index >= 15 is 0 Å². The number of hydrogen-bond acceptors (Lipinski definition) is 4. The fourth-order valence-corrected chi connectivity index (χ4v) is 3.11. The predicted molar refractivity (Wildman–Crippen MR) is 101 cm³/mol. The Morgan fingerprint density at radius 1 is 1.28 bits per heavy atom. The van der Waals surface area contributed by atoms with Crippen molar-refractivity contribution in [1.29, 1.82) is 0 Å². The highest BCUT2D eigenvalue weighted by Gasteiger charge is 2.22. The smallest absolute Gasteiger partial charge is 0.214 e. The topological polar surface area (TPSA) is 65.7 Å². The van der Waals surface area contributed by atoms with Crippen LogP contribution in [0.25, 0.3) is 0 Å². The third-order valence-corrected chi connectivity index (χ3v) is 4.67. The highest BCUT2D eigenvalue weighted by atomic mass is 16.4. The van der Waals surface area contributed by atoms with E-state index in [1.165, 1.54) is 12.1 Å². The van der Waals surface area contributed by atoms with Gasteiger partial charge in [0, 0.05) is 32.4 Å². The third-order valence-electron chi connectivity index (χ3n) is 4.67. The maximum absolute atomic E-state index is 5.59. The SMILES string of the molecule is CN=C(NCc1nc(C)c(C)o1)NCC1CCN(c2ccccc2)C1. The van der Waals surface area contributed by atoms with E-state index in [9.17, 15) is 0 Å². The summed E-state index contributed by atoms with van der Waals surface area (Å²) in [5.74, 6) is 2.96. The molecule has 25 heavy (non-hydrogen) atoms. The number of aromatic nitrogens is 1. The lowest BCUT2D eigenvalue weighted by molar-refractivity contribution is 0.463. The zero-order valence-electron chi connectivity index (χ0n) is 15.2. The van der Waals surface area contributed by atoms with E-state index in [1.54, 1.807) is 7.05 Å². The van der Waals surface area contributed by atoms with Gasteiger partial charge in [0.2, 0.25) is 5.89 Å². The van der Waals surface area contributed by atoms with E-state index in [4.69, 9.17) is 4.42 Å². The largest absolute Gasteiger partial charge is 0.444 e. The first kappa shape index (κ1) is 17.3. The Balaban J connectivity index is 1.44. The van der Waals surface area contributed by atoms with Crippen LogP contribution >= 0.6 is 0 Å². The molecule has 1 fully saturated rings. The molecular weight excluding hydrogens is 314 g/mol. The molecule has 6 nitrogen and oxygen atoms in total. The van der Waals surface area contributed by atoms with Gasteiger partial charge in [-0.2, -0.15) is 0 Å². The van der Waals surface area contributed by atoms with Gasteiger partial charge in [0.15, 0.2) is 5.96 Å². The zero-order valence-corrected chi connectivity index (χ0v) is 15.2. The summed E-state index contributed by atoms with van der Waals surface area (Å²) in [6.07, 6.45) is 1.19. The Morgan fingerprint density at radius 3 is 2.76 bits per heavy atom. The van der Waals surface area contributed by atoms with Gasteiger partial charge in [0.1, 0.15) is 5.76 Å². The van der Waals surface area contributed by atoms with E-state index in [-0.39, 0.29) is 0 Å². The van der Waals surface area contributed by atoms with Gasteiger partial charge in [0.25, 0.3) is 0 Å². The number of guanidine groups is 1. The van der Waals surface area contributed by atoms with Gasteiger partial charge in [-0.15, -0.1) is 0 Å². The molecule has 2 N–H and O–H groups in total. The normalized spacial score (nSPS) is 17.8. The maximum Gasteiger partial charge on any atom is 0.214 e. The number of rotatable bonds is 5. The summed E-state index contributed by atoms with van der Waals surface area (Å²) in [6, 6.07) is 10.6. The number of para-hydroxylation sites is 1. The quantitative estimate of drug-likeness (QED) is 0.646. The molecule has 1 aliphatic heterocycles. The molecule has 6 heteroatoms. The van der Waals surface area contributed by atoms with Gasteiger partial charge >= 0.3 is 0 Å². The van der Waals surface area contributed by atoms with Crippen molar-refractivity contribution in [2.24, 2.45) is 10.9 Å². The molecule has 1 aromatic carbocycles. The third kappa shape index (κ3) is 4.53. The first-order valence-corrected chi connectivity index (χ1v) is 8.83. The predicted octanol–water partition coefficient (Wildman–Crippen LogP) is 2.48. The number of nitrogens with zero attached hydrogens (tertiary/aromatic N) is 3. The van der Waals surface area contributed by atoms with Gasteiger partial charge < -0.3 is 20.0 Å². The molecular formula is C19H27N5O. The average molecular weight is 341 g/mol. The number of oxazole rings is 1. The number of nitrogens with one attached hydrogen (secondary N) is 2. The van der Waals surface area contributed by atoms with Crippen molar-refractivity contribution < 1.29 is 4.42 Å². The summed E-state index contributed by atoms with van der Waals surface area (Å²) >= 11 is 0. The molecule has 0 amide bonds. The number of benzene rings is 1. The van der Waals surface area contributed by atoms with Crippen molar-refractivity contribution >= 4 is 11.6 Å². The summed E-state index contributed by atoms with van der Waals surface area (Å²) < 4.78 is 5.59. The number of anilines is 1. The van der Waals surface area contributed by atoms with Gasteiger partial charge in [0.05, 0.1) is 12.2 Å². The number of hydrogen-bond donors (Lipinski definition) is 2. The van der Waals surface area contributed by atoms with Crippen LogP contribution in [-0.4, -0.2) is 37.6 Å². The van der Waals surface area contributed by atoms with Gasteiger partial charge in [-0.3, -0.25) is 4.99 Å². The van der Waals surface area contributed by atoms with Crippen molar-refractivity contribution in [2.45, 2.75) is 26.8 Å². The summed E-state index contributed by atoms with van der Waals surface area (Å²) in [6.45, 7) is 7.51. The lowest BCUT2D eigenvalue weighted by Crippen LogP contribution is -2.40. The lowest BCUT2D eigenvalue weighted by atomic mass is 10.1. The molecule has 0 bridgehead atoms. The van der Waals surface area contributed by atoms with Crippen LogP contribution in [0.5, 0.6) is 0 Å². The molecule has 0 saturated carbocycles. The molecule has 134 valence electrons. The average Bonchev–Trinajstić information content (AvgIpc) is 3.23. The summed E-state index contributed by atoms with van der Waals surface area (Å²) in [7, 11) is 1.78. The molecule has 2 aromatic rings. The molecule has 1 aliphatic rings. The van der Waals surface area contributed by atoms with E-state index < -0.39 is 0 Å². The summed E-state index contributed by atoms with van der Waals surface area (Å²) in [4.78, 5) is 11.1. The minimum atomic E-state index is 0.537. The molecule has 0 spiro atoms. The molecule has 1 atom stereocenters. The Hall–Kier alpha value is -2.50. The summed E-state index contributed by atoms with van der Waals surface area (Å²) in [5.41, 5.74) is 2.24. The Morgan fingerprint density at radius 2 is 2.08 bits per heavy atom. The Kier molecular flexibility index (Phi) is 5.58. The minimum absolute atomic E-state index is 0.537. The van der Waals surface area contributed by atoms with E-state index in [1.807, 2.05) is 13.8 Å². The van der Waals surface area contributed by atoms with Crippen molar-refractivity contribution in [3.05, 3.63) is 47.7 Å². The monoisotopic (exact) mass is 341 g/mol. The van der Waals surface area contributed by atoms with Gasteiger partial charge in [-0.25, -0.2) is 4.98 Å². The molecule has 1 unspecified atom stereocenters. The number of aryl methyl sites for hydroxylation is 2. The Labute approximate surface area is 149 Å². The number of aliphatic imine (C=N–C) groups is 1. The van der Waals surface area contributed by atoms with E-state index in [0.717, 1.165) is 37.0 Å². The minimum Gasteiger partial charge on any atom is -0.444 e. The van der Waals surface area contributed by atoms with Gasteiger partial charge in [-0.05, 0) is 38.3 Å². The van der Waals surface area contributed by atoms with Crippen LogP contribution in [0.4, 0.5) is 5.69 Å². The van der Waals surface area contributed by atoms with Crippen molar-refractivity contribution in [1.82, 2.24) is 15.6 Å². The highest BCUT2D eigenvalue weighted by molar-refractivity contribution is 5.79. The van der Waals surface area contributed by atoms with Crippen molar-refractivity contribution in [3.63, 3.8) is 0 Å². The van der Waals surface area contributed by atoms with Crippen LogP contribution in [0, 0.1) is 19.8 Å². The molecule has 2 heterocycles. The van der Waals surface area contributed by atoms with Crippen LogP contribution in [-0.2, 0) is 6.54 Å². The van der Waals surface area contributed by atoms with Crippen LogP contribution in [0.1, 0.15) is 23.8 Å². The molecule has 3 rings (SSSR count).